The van der Waals surface area contributed by atoms with E-state index in [1.165, 1.54) is 0 Å². The smallest absolute Gasteiger partial charge is 0.321 e. The predicted molar refractivity (Wildman–Crippen MR) is 79.2 cm³/mol. The average Bonchev–Trinajstić information content (AvgIpc) is 2.83. The van der Waals surface area contributed by atoms with E-state index in [0.717, 1.165) is 10.6 Å². The number of nitrogens with one attached hydrogen (secondary N) is 1. The number of urea groups is 1. The number of carbonyl (C=O) groups is 2. The van der Waals surface area contributed by atoms with Gasteiger partial charge in [0.1, 0.15) is 0 Å². The molecule has 1 atom stereocenters. The fraction of sp³-hybridized carbons (Fsp3) is 0.429. The third-order valence-corrected chi connectivity index (χ3v) is 4.42. The van der Waals surface area contributed by atoms with Gasteiger partial charge in [-0.15, -0.1) is 11.8 Å². The molecule has 0 saturated carbocycles. The van der Waals surface area contributed by atoms with Gasteiger partial charge in [-0.2, -0.15) is 0 Å². The molecule has 6 heteroatoms. The van der Waals surface area contributed by atoms with E-state index < -0.39 is 11.4 Å². The van der Waals surface area contributed by atoms with Gasteiger partial charge in [0.25, 0.3) is 0 Å². The van der Waals surface area contributed by atoms with E-state index in [2.05, 4.69) is 5.32 Å². The SMILES string of the molecule is CSc1ccccc1NC(=O)N1CCC(C)(C(=O)O)C1. The molecule has 108 valence electrons. The molecule has 5 nitrogen and oxygen atoms in total. The molecule has 1 aromatic carbocycles. The number of hydrogen-bond acceptors (Lipinski definition) is 3. The predicted octanol–water partition coefficient (Wildman–Crippen LogP) is 2.74. The van der Waals surface area contributed by atoms with Crippen molar-refractivity contribution >= 4 is 29.4 Å². The van der Waals surface area contributed by atoms with Crippen LogP contribution in [0.2, 0.25) is 0 Å². The Balaban J connectivity index is 2.05. The molecule has 2 amide bonds. The number of para-hydroxylation sites is 1. The van der Waals surface area contributed by atoms with Crippen LogP contribution >= 0.6 is 11.8 Å². The van der Waals surface area contributed by atoms with Gasteiger partial charge in [0.2, 0.25) is 0 Å². The molecule has 0 aliphatic carbocycles. The molecule has 1 heterocycles. The van der Waals surface area contributed by atoms with E-state index in [-0.39, 0.29) is 12.6 Å². The van der Waals surface area contributed by atoms with E-state index >= 15 is 0 Å². The third-order valence-electron chi connectivity index (χ3n) is 3.63. The van der Waals surface area contributed by atoms with Crippen LogP contribution in [0.1, 0.15) is 13.3 Å². The van der Waals surface area contributed by atoms with Crippen LogP contribution in [0.3, 0.4) is 0 Å². The monoisotopic (exact) mass is 294 g/mol. The highest BCUT2D eigenvalue weighted by Crippen LogP contribution is 2.31. The molecule has 2 N–H and O–H groups in total. The Labute approximate surface area is 122 Å². The number of aliphatic carboxylic acids is 1. The number of carboxylic acids is 1. The summed E-state index contributed by atoms with van der Waals surface area (Å²) in [7, 11) is 0. The lowest BCUT2D eigenvalue weighted by Gasteiger charge is -2.21. The number of carbonyl (C=O) groups excluding carboxylic acids is 1. The van der Waals surface area contributed by atoms with Crippen LogP contribution in [0.5, 0.6) is 0 Å². The molecule has 1 aliphatic rings. The first-order valence-corrected chi connectivity index (χ1v) is 7.61. The number of thioether (sulfide) groups is 1. The van der Waals surface area contributed by atoms with Crippen LogP contribution < -0.4 is 5.32 Å². The maximum Gasteiger partial charge on any atom is 0.321 e. The number of amides is 2. The molecule has 0 bridgehead atoms. The Morgan fingerprint density at radius 3 is 2.70 bits per heavy atom. The standard InChI is InChI=1S/C14H18N2O3S/c1-14(12(17)18)7-8-16(9-14)13(19)15-10-5-3-4-6-11(10)20-2/h3-6H,7-9H2,1-2H3,(H,15,19)(H,17,18). The van der Waals surface area contributed by atoms with Crippen molar-refractivity contribution in [3.63, 3.8) is 0 Å². The maximum atomic E-state index is 12.2. The molecule has 1 aromatic rings. The summed E-state index contributed by atoms with van der Waals surface area (Å²) in [5, 5.41) is 12.0. The van der Waals surface area contributed by atoms with Crippen molar-refractivity contribution in [2.45, 2.75) is 18.2 Å². The van der Waals surface area contributed by atoms with Gasteiger partial charge in [0, 0.05) is 18.0 Å². The van der Waals surface area contributed by atoms with Crippen LogP contribution in [0.4, 0.5) is 10.5 Å². The fourth-order valence-electron chi connectivity index (χ4n) is 2.25. The van der Waals surface area contributed by atoms with Crippen molar-refractivity contribution < 1.29 is 14.7 Å². The Morgan fingerprint density at radius 1 is 1.40 bits per heavy atom. The Morgan fingerprint density at radius 2 is 2.10 bits per heavy atom. The highest BCUT2D eigenvalue weighted by atomic mass is 32.2. The number of carboxylic acid groups (broad SMARTS) is 1. The Bertz CT molecular complexity index is 535. The second-order valence-electron chi connectivity index (χ2n) is 5.17. The second kappa shape index (κ2) is 5.75. The third kappa shape index (κ3) is 2.90. The number of rotatable bonds is 3. The van der Waals surface area contributed by atoms with E-state index in [1.54, 1.807) is 23.6 Å². The summed E-state index contributed by atoms with van der Waals surface area (Å²) in [4.78, 5) is 25.9. The Kier molecular flexibility index (Phi) is 4.23. The minimum atomic E-state index is -0.850. The van der Waals surface area contributed by atoms with Crippen LogP contribution in [-0.2, 0) is 4.79 Å². The summed E-state index contributed by atoms with van der Waals surface area (Å²) in [6.45, 7) is 2.39. The van der Waals surface area contributed by atoms with Gasteiger partial charge in [0.15, 0.2) is 0 Å². The summed E-state index contributed by atoms with van der Waals surface area (Å²) < 4.78 is 0. The van der Waals surface area contributed by atoms with Gasteiger partial charge < -0.3 is 15.3 Å². The molecule has 2 rings (SSSR count). The normalized spacial score (nSPS) is 21.8. The average molecular weight is 294 g/mol. The van der Waals surface area contributed by atoms with Crippen molar-refractivity contribution in [1.82, 2.24) is 4.90 Å². The minimum Gasteiger partial charge on any atom is -0.481 e. The van der Waals surface area contributed by atoms with Crippen LogP contribution in [-0.4, -0.2) is 41.4 Å². The van der Waals surface area contributed by atoms with Gasteiger partial charge in [-0.05, 0) is 31.7 Å². The molecule has 1 fully saturated rings. The quantitative estimate of drug-likeness (QED) is 0.841. The van der Waals surface area contributed by atoms with Gasteiger partial charge in [-0.1, -0.05) is 12.1 Å². The lowest BCUT2D eigenvalue weighted by molar-refractivity contribution is -0.146. The van der Waals surface area contributed by atoms with Crippen molar-refractivity contribution in [2.24, 2.45) is 5.41 Å². The molecule has 1 unspecified atom stereocenters. The number of benzene rings is 1. The topological polar surface area (TPSA) is 69.6 Å². The minimum absolute atomic E-state index is 0.239. The number of likely N-dealkylation sites (tertiary alicyclic amines) is 1. The number of anilines is 1. The zero-order valence-corrected chi connectivity index (χ0v) is 12.4. The van der Waals surface area contributed by atoms with Gasteiger partial charge in [-0.25, -0.2) is 4.79 Å². The highest BCUT2D eigenvalue weighted by molar-refractivity contribution is 7.98. The van der Waals surface area contributed by atoms with E-state index in [4.69, 9.17) is 0 Å². The number of nitrogens with zero attached hydrogens (tertiary/aromatic N) is 1. The maximum absolute atomic E-state index is 12.2. The van der Waals surface area contributed by atoms with Crippen molar-refractivity contribution in [2.75, 3.05) is 24.7 Å². The first-order valence-electron chi connectivity index (χ1n) is 6.38. The summed E-state index contributed by atoms with van der Waals surface area (Å²) in [5.41, 5.74) is -0.0787. The summed E-state index contributed by atoms with van der Waals surface area (Å²) in [6, 6.07) is 7.32. The molecule has 0 radical (unpaired) electrons. The van der Waals surface area contributed by atoms with Crippen molar-refractivity contribution in [1.29, 1.82) is 0 Å². The van der Waals surface area contributed by atoms with Crippen LogP contribution in [0.25, 0.3) is 0 Å². The summed E-state index contributed by atoms with van der Waals surface area (Å²) in [5.74, 6) is -0.850. The van der Waals surface area contributed by atoms with E-state index in [1.807, 2.05) is 30.5 Å². The van der Waals surface area contributed by atoms with Crippen molar-refractivity contribution in [3.8, 4) is 0 Å². The van der Waals surface area contributed by atoms with Gasteiger partial charge in [0.05, 0.1) is 11.1 Å². The Hall–Kier alpha value is -1.69. The summed E-state index contributed by atoms with van der Waals surface area (Å²) in [6.07, 6.45) is 2.43. The molecule has 20 heavy (non-hydrogen) atoms. The molecule has 0 spiro atoms. The molecule has 1 aliphatic heterocycles. The fourth-order valence-corrected chi connectivity index (χ4v) is 2.80. The molecular weight excluding hydrogens is 276 g/mol. The first-order chi connectivity index (χ1) is 9.46. The zero-order chi connectivity index (χ0) is 14.8. The van der Waals surface area contributed by atoms with E-state index in [9.17, 15) is 14.7 Å². The largest absolute Gasteiger partial charge is 0.481 e. The molecular formula is C14H18N2O3S. The second-order valence-corrected chi connectivity index (χ2v) is 6.02. The number of hydrogen-bond donors (Lipinski definition) is 2. The van der Waals surface area contributed by atoms with Gasteiger partial charge >= 0.3 is 12.0 Å². The van der Waals surface area contributed by atoms with E-state index in [0.29, 0.717) is 13.0 Å². The highest BCUT2D eigenvalue weighted by Gasteiger charge is 2.42. The molecule has 0 aromatic heterocycles. The lowest BCUT2D eigenvalue weighted by atomic mass is 9.90. The van der Waals surface area contributed by atoms with Crippen molar-refractivity contribution in [3.05, 3.63) is 24.3 Å². The molecule has 1 saturated heterocycles. The van der Waals surface area contributed by atoms with Gasteiger partial charge in [-0.3, -0.25) is 4.79 Å². The summed E-state index contributed by atoms with van der Waals surface area (Å²) >= 11 is 1.56. The zero-order valence-electron chi connectivity index (χ0n) is 11.5. The van der Waals surface area contributed by atoms with Crippen LogP contribution in [0, 0.1) is 5.41 Å². The lowest BCUT2D eigenvalue weighted by Crippen LogP contribution is -2.37. The van der Waals surface area contributed by atoms with Crippen LogP contribution in [0.15, 0.2) is 29.2 Å². The first kappa shape index (κ1) is 14.7.